The average molecular weight is 661 g/mol. The number of hydrogen-bond donors (Lipinski definition) is 2. The maximum atomic E-state index is 15.1. The zero-order chi connectivity index (χ0) is 35.1. The van der Waals surface area contributed by atoms with E-state index in [1.807, 2.05) is 52.8 Å². The SMILES string of the molecule is CO[C@H]1[C@@H]2C[C@H]3C(C)(C)O[C@@](C/C=C(/C)C(=O)O)(C2=O)[C@]32Oc3c(CC=C(C)C)c4c(c(O)c3C(=O)[C@@H]12)C=C[C@](C)(CCC=C(C)C)O4. The number of aliphatic carboxylic acids is 1. The normalized spacial score (nSPS) is 33.6. The van der Waals surface area contributed by atoms with Gasteiger partial charge in [-0.05, 0) is 93.2 Å². The van der Waals surface area contributed by atoms with E-state index in [9.17, 15) is 19.8 Å². The van der Waals surface area contributed by atoms with Crippen LogP contribution in [-0.4, -0.2) is 63.4 Å². The van der Waals surface area contributed by atoms with Gasteiger partial charge in [-0.1, -0.05) is 29.4 Å². The molecule has 1 aromatic rings. The van der Waals surface area contributed by atoms with Gasteiger partial charge in [0, 0.05) is 36.5 Å². The number of allylic oxidation sites excluding steroid dienone is 4. The number of hydrogen-bond acceptors (Lipinski definition) is 8. The Kier molecular flexibility index (Phi) is 8.15. The third-order valence-corrected chi connectivity index (χ3v) is 11.3. The summed E-state index contributed by atoms with van der Waals surface area (Å²) in [6.07, 6.45) is 10.8. The van der Waals surface area contributed by atoms with Crippen molar-refractivity contribution in [1.29, 1.82) is 0 Å². The lowest BCUT2D eigenvalue weighted by molar-refractivity contribution is -0.224. The Labute approximate surface area is 282 Å². The van der Waals surface area contributed by atoms with Gasteiger partial charge in [0.1, 0.15) is 28.4 Å². The Hall–Kier alpha value is -3.69. The van der Waals surface area contributed by atoms with Crippen molar-refractivity contribution in [2.75, 3.05) is 7.11 Å². The van der Waals surface area contributed by atoms with Gasteiger partial charge in [-0.3, -0.25) is 9.59 Å². The van der Waals surface area contributed by atoms with E-state index in [-0.39, 0.29) is 40.6 Å². The molecule has 4 fully saturated rings. The van der Waals surface area contributed by atoms with E-state index < -0.39 is 52.2 Å². The van der Waals surface area contributed by atoms with Gasteiger partial charge in [0.05, 0.1) is 23.2 Å². The number of benzene rings is 1. The largest absolute Gasteiger partial charge is 0.506 e. The molecule has 0 radical (unpaired) electrons. The maximum absolute atomic E-state index is 15.1. The van der Waals surface area contributed by atoms with E-state index >= 15 is 4.79 Å². The summed E-state index contributed by atoms with van der Waals surface area (Å²) in [5, 5.41) is 21.6. The predicted octanol–water partition coefficient (Wildman–Crippen LogP) is 6.94. The topological polar surface area (TPSA) is 129 Å². The molecule has 7 atom stereocenters. The minimum absolute atomic E-state index is 0.0505. The highest BCUT2D eigenvalue weighted by atomic mass is 16.6. The van der Waals surface area contributed by atoms with Crippen LogP contribution >= 0.6 is 0 Å². The van der Waals surface area contributed by atoms with Crippen molar-refractivity contribution in [2.45, 2.75) is 116 Å². The van der Waals surface area contributed by atoms with Gasteiger partial charge in [-0.25, -0.2) is 4.79 Å². The number of ketones is 2. The number of rotatable bonds is 9. The van der Waals surface area contributed by atoms with Gasteiger partial charge in [-0.2, -0.15) is 0 Å². The quantitative estimate of drug-likeness (QED) is 0.214. The number of carboxylic acid groups (broad SMARTS) is 1. The number of phenols is 1. The summed E-state index contributed by atoms with van der Waals surface area (Å²) in [5.74, 6) is -3.41. The first-order valence-corrected chi connectivity index (χ1v) is 16.9. The average Bonchev–Trinajstić information content (AvgIpc) is 3.14. The number of fused-ring (bicyclic) bond motifs is 2. The summed E-state index contributed by atoms with van der Waals surface area (Å²) in [7, 11) is 1.49. The first-order chi connectivity index (χ1) is 22.4. The van der Waals surface area contributed by atoms with E-state index in [0.717, 1.165) is 12.0 Å². The van der Waals surface area contributed by atoms with Crippen molar-refractivity contribution in [1.82, 2.24) is 0 Å². The molecule has 1 spiro atoms. The molecule has 3 saturated carbocycles. The molecule has 4 bridgehead atoms. The standard InChI is InChI=1S/C39H48O9/c1-20(2)11-10-16-37(8)17-15-23-29(40)27-30(41)28-33(45-9)25-19-26-36(6,7)48-38(34(25)42,18-14-22(5)35(43)44)39(26,28)47-32(27)24(31(23)46-37)13-12-21(3)4/h11-12,14-15,17,25-26,28,33,40H,10,13,16,18-19H2,1-9H3,(H,43,44)/b22-14-/t25-,26-,28-,33-,37-,38-,39-/m0/s1. The number of carbonyl (C=O) groups excluding carboxylic acids is 2. The molecule has 48 heavy (non-hydrogen) atoms. The number of aromatic hydroxyl groups is 1. The molecule has 0 amide bonds. The van der Waals surface area contributed by atoms with Crippen molar-refractivity contribution in [3.8, 4) is 17.2 Å². The van der Waals surface area contributed by atoms with E-state index in [2.05, 4.69) is 19.9 Å². The fraction of sp³-hybridized carbons (Fsp3) is 0.564. The van der Waals surface area contributed by atoms with Gasteiger partial charge >= 0.3 is 5.97 Å². The molecule has 1 saturated heterocycles. The number of methoxy groups -OCH3 is 1. The highest BCUT2D eigenvalue weighted by Crippen LogP contribution is 2.70. The molecular weight excluding hydrogens is 612 g/mol. The highest BCUT2D eigenvalue weighted by molar-refractivity contribution is 6.10. The summed E-state index contributed by atoms with van der Waals surface area (Å²) >= 11 is 0. The number of carboxylic acids is 1. The molecule has 258 valence electrons. The summed E-state index contributed by atoms with van der Waals surface area (Å²) in [5.41, 5.74) is -1.39. The predicted molar refractivity (Wildman–Crippen MR) is 180 cm³/mol. The molecule has 3 heterocycles. The van der Waals surface area contributed by atoms with E-state index in [4.69, 9.17) is 18.9 Å². The number of ether oxygens (including phenoxy) is 4. The Balaban J connectivity index is 1.61. The zero-order valence-electron chi connectivity index (χ0n) is 29.5. The molecule has 9 heteroatoms. The number of carbonyl (C=O) groups is 3. The van der Waals surface area contributed by atoms with E-state index in [0.29, 0.717) is 36.1 Å². The molecule has 9 nitrogen and oxygen atoms in total. The summed E-state index contributed by atoms with van der Waals surface area (Å²) in [6, 6.07) is 0. The minimum atomic E-state index is -1.66. The number of Topliss-reactive ketones (excluding diaryl/α,β-unsaturated/α-hetero) is 2. The monoisotopic (exact) mass is 660 g/mol. The molecule has 1 aromatic carbocycles. The van der Waals surface area contributed by atoms with Gasteiger partial charge in [0.2, 0.25) is 0 Å². The van der Waals surface area contributed by atoms with Crippen molar-refractivity contribution in [2.24, 2.45) is 17.8 Å². The van der Waals surface area contributed by atoms with Crippen LogP contribution in [0.2, 0.25) is 0 Å². The summed E-state index contributed by atoms with van der Waals surface area (Å²) < 4.78 is 26.8. The number of phenolic OH excluding ortho intramolecular Hbond substituents is 1. The van der Waals surface area contributed by atoms with Crippen LogP contribution in [0.1, 0.15) is 103 Å². The van der Waals surface area contributed by atoms with E-state index in [1.54, 1.807) is 0 Å². The van der Waals surface area contributed by atoms with Crippen molar-refractivity contribution >= 4 is 23.6 Å². The van der Waals surface area contributed by atoms with E-state index in [1.165, 1.54) is 25.7 Å². The molecule has 0 unspecified atom stereocenters. The van der Waals surface area contributed by atoms with Crippen molar-refractivity contribution in [3.63, 3.8) is 0 Å². The lowest BCUT2D eigenvalue weighted by Gasteiger charge is -2.62. The molecule has 2 N–H and O–H groups in total. The third kappa shape index (κ3) is 4.75. The lowest BCUT2D eigenvalue weighted by atomic mass is 9.45. The maximum Gasteiger partial charge on any atom is 0.330 e. The van der Waals surface area contributed by atoms with Crippen LogP contribution in [0.25, 0.3) is 6.08 Å². The van der Waals surface area contributed by atoms with Crippen LogP contribution in [0.4, 0.5) is 0 Å². The second kappa shape index (κ2) is 11.4. The van der Waals surface area contributed by atoms with Gasteiger partial charge in [0.15, 0.2) is 22.8 Å². The van der Waals surface area contributed by atoms with Crippen molar-refractivity contribution in [3.05, 3.63) is 57.7 Å². The molecule has 0 aromatic heterocycles. The highest BCUT2D eigenvalue weighted by Gasteiger charge is 2.85. The molecular formula is C39H48O9. The zero-order valence-corrected chi connectivity index (χ0v) is 29.5. The van der Waals surface area contributed by atoms with Crippen LogP contribution in [0.5, 0.6) is 17.2 Å². The fourth-order valence-corrected chi connectivity index (χ4v) is 9.04. The minimum Gasteiger partial charge on any atom is -0.506 e. The van der Waals surface area contributed by atoms with Crippen LogP contribution in [0.3, 0.4) is 0 Å². The molecule has 6 aliphatic rings. The first kappa shape index (κ1) is 34.2. The first-order valence-electron chi connectivity index (χ1n) is 16.9. The third-order valence-electron chi connectivity index (χ3n) is 11.3. The molecule has 7 rings (SSSR count). The Morgan fingerprint density at radius 3 is 2.33 bits per heavy atom. The second-order valence-electron chi connectivity index (χ2n) is 15.5. The van der Waals surface area contributed by atoms with Gasteiger partial charge < -0.3 is 29.2 Å². The molecule has 3 aliphatic heterocycles. The van der Waals surface area contributed by atoms with Gasteiger partial charge in [0.25, 0.3) is 0 Å². The van der Waals surface area contributed by atoms with Crippen LogP contribution in [-0.2, 0) is 25.5 Å². The Morgan fingerprint density at radius 1 is 1.02 bits per heavy atom. The Morgan fingerprint density at radius 2 is 1.71 bits per heavy atom. The fourth-order valence-electron chi connectivity index (χ4n) is 9.04. The van der Waals surface area contributed by atoms with Crippen LogP contribution in [0, 0.1) is 17.8 Å². The van der Waals surface area contributed by atoms with Crippen molar-refractivity contribution < 1.29 is 43.5 Å². The van der Waals surface area contributed by atoms with Crippen LogP contribution in [0.15, 0.2) is 41.0 Å². The second-order valence-corrected chi connectivity index (χ2v) is 15.5. The molecule has 3 aliphatic carbocycles. The Bertz CT molecular complexity index is 1720. The smallest absolute Gasteiger partial charge is 0.330 e. The van der Waals surface area contributed by atoms with Crippen LogP contribution < -0.4 is 9.47 Å². The van der Waals surface area contributed by atoms with Gasteiger partial charge in [-0.15, -0.1) is 0 Å². The summed E-state index contributed by atoms with van der Waals surface area (Å²) in [4.78, 5) is 41.6. The lowest BCUT2D eigenvalue weighted by Crippen LogP contribution is -2.80. The summed E-state index contributed by atoms with van der Waals surface area (Å²) in [6.45, 7) is 15.4.